The first-order chi connectivity index (χ1) is 7.96. The Bertz CT molecular complexity index is 377. The Morgan fingerprint density at radius 1 is 1.47 bits per heavy atom. The molecule has 1 heterocycles. The number of anilines is 1. The average molecular weight is 294 g/mol. The first kappa shape index (κ1) is 14.9. The maximum Gasteiger partial charge on any atom is 0.190 e. The molecule has 1 unspecified atom stereocenters. The van der Waals surface area contributed by atoms with Crippen LogP contribution < -0.4 is 5.32 Å². The molecule has 0 radical (unpaired) electrons. The van der Waals surface area contributed by atoms with Gasteiger partial charge in [0.1, 0.15) is 11.0 Å². The van der Waals surface area contributed by atoms with Gasteiger partial charge in [-0.05, 0) is 19.4 Å². The van der Waals surface area contributed by atoms with Gasteiger partial charge < -0.3 is 10.4 Å². The minimum Gasteiger partial charge on any atom is -0.387 e. The number of nitrogens with zero attached hydrogens (tertiary/aromatic N) is 2. The van der Waals surface area contributed by atoms with Crippen LogP contribution in [-0.2, 0) is 0 Å². The van der Waals surface area contributed by atoms with E-state index in [0.29, 0.717) is 28.4 Å². The zero-order valence-corrected chi connectivity index (χ0v) is 12.4. The molecule has 4 nitrogen and oxygen atoms in total. The molecule has 1 rings (SSSR count). The van der Waals surface area contributed by atoms with Crippen LogP contribution >= 0.6 is 35.1 Å². The normalized spacial score (nSPS) is 14.4. The van der Waals surface area contributed by atoms with Gasteiger partial charge in [0.15, 0.2) is 5.16 Å². The Labute approximate surface area is 115 Å². The smallest absolute Gasteiger partial charge is 0.190 e. The number of hydrogen-bond acceptors (Lipinski definition) is 6. The van der Waals surface area contributed by atoms with E-state index in [2.05, 4.69) is 15.3 Å². The fourth-order valence-electron chi connectivity index (χ4n) is 1.22. The maximum atomic E-state index is 10.0. The molecule has 0 spiro atoms. The van der Waals surface area contributed by atoms with E-state index in [1.165, 1.54) is 11.8 Å². The van der Waals surface area contributed by atoms with Crippen molar-refractivity contribution in [1.29, 1.82) is 0 Å². The summed E-state index contributed by atoms with van der Waals surface area (Å²) in [7, 11) is 0. The SMILES string of the molecule is CSCC(C)(O)CNc1cc(Cl)nc(SC)n1. The molecule has 1 aromatic rings. The number of hydrogen-bond donors (Lipinski definition) is 2. The highest BCUT2D eigenvalue weighted by Gasteiger charge is 2.19. The van der Waals surface area contributed by atoms with Gasteiger partial charge in [0.05, 0.1) is 5.60 Å². The third-order valence-corrected chi connectivity index (χ3v) is 3.61. The van der Waals surface area contributed by atoms with Crippen LogP contribution in [0.15, 0.2) is 11.2 Å². The van der Waals surface area contributed by atoms with Crippen molar-refractivity contribution in [1.82, 2.24) is 9.97 Å². The van der Waals surface area contributed by atoms with Crippen molar-refractivity contribution in [3.05, 3.63) is 11.2 Å². The molecule has 0 bridgehead atoms. The minimum absolute atomic E-state index is 0.399. The lowest BCUT2D eigenvalue weighted by Crippen LogP contribution is -2.36. The summed E-state index contributed by atoms with van der Waals surface area (Å²) in [5.74, 6) is 1.30. The van der Waals surface area contributed by atoms with E-state index < -0.39 is 5.60 Å². The number of aromatic nitrogens is 2. The molecule has 7 heteroatoms. The zero-order chi connectivity index (χ0) is 12.9. The molecular formula is C10H16ClN3OS2. The predicted octanol–water partition coefficient (Wildman–Crippen LogP) is 2.38. The number of nitrogens with one attached hydrogen (secondary N) is 1. The molecule has 0 saturated carbocycles. The Morgan fingerprint density at radius 3 is 2.76 bits per heavy atom. The van der Waals surface area contributed by atoms with Crippen LogP contribution in [0.2, 0.25) is 5.15 Å². The molecule has 0 aromatic carbocycles. The first-order valence-corrected chi connectivity index (χ1v) is 8.00. The van der Waals surface area contributed by atoms with E-state index in [4.69, 9.17) is 11.6 Å². The molecule has 1 atom stereocenters. The van der Waals surface area contributed by atoms with Gasteiger partial charge in [0.25, 0.3) is 0 Å². The lowest BCUT2D eigenvalue weighted by atomic mass is 10.1. The molecule has 2 N–H and O–H groups in total. The quantitative estimate of drug-likeness (QED) is 0.477. The summed E-state index contributed by atoms with van der Waals surface area (Å²) in [6.45, 7) is 2.21. The monoisotopic (exact) mass is 293 g/mol. The van der Waals surface area contributed by atoms with Crippen LogP contribution in [0.4, 0.5) is 5.82 Å². The molecular weight excluding hydrogens is 278 g/mol. The van der Waals surface area contributed by atoms with Crippen LogP contribution in [0.25, 0.3) is 0 Å². The van der Waals surface area contributed by atoms with Crippen LogP contribution in [0.1, 0.15) is 6.92 Å². The van der Waals surface area contributed by atoms with E-state index in [-0.39, 0.29) is 0 Å². The van der Waals surface area contributed by atoms with Crippen molar-refractivity contribution >= 4 is 40.9 Å². The summed E-state index contributed by atoms with van der Waals surface area (Å²) in [6.07, 6.45) is 3.85. The third kappa shape index (κ3) is 5.33. The van der Waals surface area contributed by atoms with Crippen molar-refractivity contribution in [2.75, 3.05) is 30.1 Å². The van der Waals surface area contributed by atoms with Gasteiger partial charge in [0.2, 0.25) is 0 Å². The predicted molar refractivity (Wildman–Crippen MR) is 76.3 cm³/mol. The second-order valence-corrected chi connectivity index (χ2v) is 5.87. The van der Waals surface area contributed by atoms with Gasteiger partial charge in [0, 0.05) is 18.4 Å². The van der Waals surface area contributed by atoms with Crippen molar-refractivity contribution in [2.24, 2.45) is 0 Å². The van der Waals surface area contributed by atoms with E-state index in [1.54, 1.807) is 24.8 Å². The van der Waals surface area contributed by atoms with Gasteiger partial charge in [-0.3, -0.25) is 0 Å². The Hall–Kier alpha value is -0.170. The third-order valence-electron chi connectivity index (χ3n) is 1.96. The second kappa shape index (κ2) is 6.68. The van der Waals surface area contributed by atoms with Gasteiger partial charge in [-0.1, -0.05) is 23.4 Å². The summed E-state index contributed by atoms with van der Waals surface area (Å²) < 4.78 is 0. The van der Waals surface area contributed by atoms with Crippen molar-refractivity contribution < 1.29 is 5.11 Å². The molecule has 0 aliphatic carbocycles. The van der Waals surface area contributed by atoms with Crippen molar-refractivity contribution in [2.45, 2.75) is 17.7 Å². The van der Waals surface area contributed by atoms with Crippen molar-refractivity contribution in [3.63, 3.8) is 0 Å². The van der Waals surface area contributed by atoms with E-state index in [1.807, 2.05) is 12.5 Å². The minimum atomic E-state index is -0.767. The Morgan fingerprint density at radius 2 is 2.18 bits per heavy atom. The lowest BCUT2D eigenvalue weighted by Gasteiger charge is -2.22. The summed E-state index contributed by atoms with van der Waals surface area (Å²) in [4.78, 5) is 8.30. The van der Waals surface area contributed by atoms with Crippen molar-refractivity contribution in [3.8, 4) is 0 Å². The Balaban J connectivity index is 2.65. The number of aliphatic hydroxyl groups is 1. The highest BCUT2D eigenvalue weighted by molar-refractivity contribution is 7.98. The van der Waals surface area contributed by atoms with Crippen LogP contribution in [0, 0.1) is 0 Å². The number of halogens is 1. The van der Waals surface area contributed by atoms with Gasteiger partial charge in [-0.15, -0.1) is 0 Å². The standard InChI is InChI=1S/C10H16ClN3OS2/c1-10(15,6-16-2)5-12-8-4-7(11)13-9(14-8)17-3/h4,15H,5-6H2,1-3H3,(H,12,13,14). The van der Waals surface area contributed by atoms with Gasteiger partial charge in [-0.2, -0.15) is 11.8 Å². The van der Waals surface area contributed by atoms with E-state index >= 15 is 0 Å². The highest BCUT2D eigenvalue weighted by atomic mass is 35.5. The molecule has 0 aliphatic heterocycles. The lowest BCUT2D eigenvalue weighted by molar-refractivity contribution is 0.0996. The highest BCUT2D eigenvalue weighted by Crippen LogP contribution is 2.18. The molecule has 0 saturated heterocycles. The Kier molecular flexibility index (Phi) is 5.85. The summed E-state index contributed by atoms with van der Waals surface area (Å²) in [6, 6.07) is 1.65. The van der Waals surface area contributed by atoms with E-state index in [0.717, 1.165) is 0 Å². The van der Waals surface area contributed by atoms with Gasteiger partial charge >= 0.3 is 0 Å². The topological polar surface area (TPSA) is 58.0 Å². The van der Waals surface area contributed by atoms with Crippen LogP contribution in [-0.4, -0.2) is 45.5 Å². The van der Waals surface area contributed by atoms with Crippen LogP contribution in [0.3, 0.4) is 0 Å². The van der Waals surface area contributed by atoms with Crippen LogP contribution in [0.5, 0.6) is 0 Å². The molecule has 0 fully saturated rings. The number of rotatable bonds is 6. The van der Waals surface area contributed by atoms with Gasteiger partial charge in [-0.25, -0.2) is 9.97 Å². The summed E-state index contributed by atoms with van der Waals surface area (Å²) in [5, 5.41) is 14.1. The number of thioether (sulfide) groups is 2. The summed E-state index contributed by atoms with van der Waals surface area (Å²) >= 11 is 8.90. The molecule has 96 valence electrons. The molecule has 0 aliphatic rings. The fourth-order valence-corrected chi connectivity index (χ4v) is 2.56. The maximum absolute atomic E-state index is 10.0. The molecule has 1 aromatic heterocycles. The molecule has 0 amide bonds. The zero-order valence-electron chi connectivity index (χ0n) is 10.0. The second-order valence-electron chi connectivity index (χ2n) is 3.85. The largest absolute Gasteiger partial charge is 0.387 e. The summed E-state index contributed by atoms with van der Waals surface area (Å²) in [5.41, 5.74) is -0.767. The first-order valence-electron chi connectivity index (χ1n) is 5.00. The average Bonchev–Trinajstić information content (AvgIpc) is 2.26. The molecule has 17 heavy (non-hydrogen) atoms. The fraction of sp³-hybridized carbons (Fsp3) is 0.600. The van der Waals surface area contributed by atoms with E-state index in [9.17, 15) is 5.11 Å².